The number of ether oxygens (including phenoxy) is 4. The molecule has 1 amide bonds. The van der Waals surface area contributed by atoms with Crippen molar-refractivity contribution in [1.82, 2.24) is 0 Å². The zero-order valence-electron chi connectivity index (χ0n) is 18.6. The molecule has 0 unspecified atom stereocenters. The lowest BCUT2D eigenvalue weighted by molar-refractivity contribution is -0.122. The van der Waals surface area contributed by atoms with E-state index in [-0.39, 0.29) is 5.91 Å². The fraction of sp³-hybridized carbons (Fsp3) is 0.458. The van der Waals surface area contributed by atoms with Gasteiger partial charge in [-0.05, 0) is 32.4 Å². The Hall–Kier alpha value is -2.93. The van der Waals surface area contributed by atoms with Crippen LogP contribution >= 0.6 is 0 Å². The SMILES string of the molecule is CCOc1cc(N2CCOCC2)c(OCC)cc1NC(=O)[C@H](CC)Oc1ccccc1. The van der Waals surface area contributed by atoms with E-state index in [0.717, 1.165) is 18.8 Å². The first-order valence-corrected chi connectivity index (χ1v) is 10.9. The summed E-state index contributed by atoms with van der Waals surface area (Å²) in [6.07, 6.45) is -0.0825. The van der Waals surface area contributed by atoms with Crippen LogP contribution in [0.3, 0.4) is 0 Å². The third kappa shape index (κ3) is 6.04. The van der Waals surface area contributed by atoms with Gasteiger partial charge in [0.2, 0.25) is 0 Å². The first-order chi connectivity index (χ1) is 15.2. The van der Waals surface area contributed by atoms with Crippen LogP contribution in [0.2, 0.25) is 0 Å². The van der Waals surface area contributed by atoms with E-state index in [0.29, 0.717) is 55.8 Å². The number of carbonyl (C=O) groups excluding carboxylic acids is 1. The molecule has 1 saturated heterocycles. The van der Waals surface area contributed by atoms with Crippen molar-refractivity contribution in [2.24, 2.45) is 0 Å². The van der Waals surface area contributed by atoms with E-state index in [1.165, 1.54) is 0 Å². The molecule has 7 heteroatoms. The lowest BCUT2D eigenvalue weighted by atomic mass is 10.2. The number of para-hydroxylation sites is 1. The number of hydrogen-bond acceptors (Lipinski definition) is 6. The number of hydrogen-bond donors (Lipinski definition) is 1. The highest BCUT2D eigenvalue weighted by Gasteiger charge is 2.23. The molecule has 1 heterocycles. The van der Waals surface area contributed by atoms with Crippen LogP contribution < -0.4 is 24.4 Å². The van der Waals surface area contributed by atoms with E-state index < -0.39 is 6.10 Å². The molecule has 1 fully saturated rings. The Balaban J connectivity index is 1.85. The summed E-state index contributed by atoms with van der Waals surface area (Å²) in [6.45, 7) is 9.68. The first kappa shape index (κ1) is 22.7. The number of rotatable bonds is 10. The second-order valence-corrected chi connectivity index (χ2v) is 7.10. The van der Waals surface area contributed by atoms with E-state index in [4.69, 9.17) is 18.9 Å². The monoisotopic (exact) mass is 428 g/mol. The number of carbonyl (C=O) groups is 1. The van der Waals surface area contributed by atoms with Gasteiger partial charge in [-0.3, -0.25) is 4.79 Å². The highest BCUT2D eigenvalue weighted by atomic mass is 16.5. The maximum absolute atomic E-state index is 13.0. The summed E-state index contributed by atoms with van der Waals surface area (Å²) in [6, 6.07) is 13.1. The number of morpholine rings is 1. The van der Waals surface area contributed by atoms with Crippen molar-refractivity contribution < 1.29 is 23.7 Å². The van der Waals surface area contributed by atoms with E-state index >= 15 is 0 Å². The minimum atomic E-state index is -0.619. The molecule has 0 aromatic heterocycles. The summed E-state index contributed by atoms with van der Waals surface area (Å²) >= 11 is 0. The number of nitrogens with one attached hydrogen (secondary N) is 1. The summed E-state index contributed by atoms with van der Waals surface area (Å²) in [5, 5.41) is 2.98. The molecule has 2 aromatic carbocycles. The van der Waals surface area contributed by atoms with Gasteiger partial charge in [0.05, 0.1) is 37.8 Å². The summed E-state index contributed by atoms with van der Waals surface area (Å²) in [5.41, 5.74) is 1.52. The maximum atomic E-state index is 13.0. The minimum Gasteiger partial charge on any atom is -0.492 e. The van der Waals surface area contributed by atoms with Crippen molar-refractivity contribution in [3.8, 4) is 17.2 Å². The molecule has 0 bridgehead atoms. The second-order valence-electron chi connectivity index (χ2n) is 7.10. The van der Waals surface area contributed by atoms with E-state index in [1.807, 2.05) is 63.2 Å². The first-order valence-electron chi connectivity index (χ1n) is 10.9. The Labute approximate surface area is 184 Å². The zero-order valence-corrected chi connectivity index (χ0v) is 18.6. The molecule has 0 radical (unpaired) electrons. The van der Waals surface area contributed by atoms with Crippen LogP contribution in [-0.4, -0.2) is 51.5 Å². The van der Waals surface area contributed by atoms with E-state index in [1.54, 1.807) is 0 Å². The van der Waals surface area contributed by atoms with Crippen molar-refractivity contribution in [1.29, 1.82) is 0 Å². The predicted octanol–water partition coefficient (Wildman–Crippen LogP) is 4.12. The Kier molecular flexibility index (Phi) is 8.41. The van der Waals surface area contributed by atoms with Crippen LogP contribution in [0.25, 0.3) is 0 Å². The van der Waals surface area contributed by atoms with Gasteiger partial charge in [0.25, 0.3) is 5.91 Å². The van der Waals surface area contributed by atoms with E-state index in [2.05, 4.69) is 10.2 Å². The highest BCUT2D eigenvalue weighted by Crippen LogP contribution is 2.39. The molecule has 1 aliphatic heterocycles. The van der Waals surface area contributed by atoms with Gasteiger partial charge >= 0.3 is 0 Å². The average molecular weight is 429 g/mol. The maximum Gasteiger partial charge on any atom is 0.265 e. The van der Waals surface area contributed by atoms with Crippen LogP contribution in [-0.2, 0) is 9.53 Å². The lowest BCUT2D eigenvalue weighted by Crippen LogP contribution is -2.36. The summed E-state index contributed by atoms with van der Waals surface area (Å²) < 4.78 is 23.1. The summed E-state index contributed by atoms with van der Waals surface area (Å²) in [7, 11) is 0. The number of amides is 1. The van der Waals surface area contributed by atoms with Crippen molar-refractivity contribution in [3.05, 3.63) is 42.5 Å². The molecule has 0 saturated carbocycles. The summed E-state index contributed by atoms with van der Waals surface area (Å²) in [4.78, 5) is 15.2. The summed E-state index contributed by atoms with van der Waals surface area (Å²) in [5.74, 6) is 1.75. The van der Waals surface area contributed by atoms with Crippen LogP contribution in [0, 0.1) is 0 Å². The molecule has 7 nitrogen and oxygen atoms in total. The molecule has 0 spiro atoms. The number of benzene rings is 2. The minimum absolute atomic E-state index is 0.228. The normalized spacial score (nSPS) is 14.6. The van der Waals surface area contributed by atoms with E-state index in [9.17, 15) is 4.79 Å². The molecular weight excluding hydrogens is 396 g/mol. The van der Waals surface area contributed by atoms with Gasteiger partial charge < -0.3 is 29.2 Å². The lowest BCUT2D eigenvalue weighted by Gasteiger charge is -2.31. The predicted molar refractivity (Wildman–Crippen MR) is 122 cm³/mol. The van der Waals surface area contributed by atoms with Crippen LogP contribution in [0.1, 0.15) is 27.2 Å². The van der Waals surface area contributed by atoms with Gasteiger partial charge in [-0.25, -0.2) is 0 Å². The van der Waals surface area contributed by atoms with Crippen molar-refractivity contribution >= 4 is 17.3 Å². The Bertz CT molecular complexity index is 837. The van der Waals surface area contributed by atoms with Crippen molar-refractivity contribution in [2.75, 3.05) is 49.7 Å². The quantitative estimate of drug-likeness (QED) is 0.614. The highest BCUT2D eigenvalue weighted by molar-refractivity contribution is 5.96. The molecule has 1 atom stereocenters. The van der Waals surface area contributed by atoms with Gasteiger partial charge in [-0.1, -0.05) is 25.1 Å². The third-order valence-corrected chi connectivity index (χ3v) is 4.96. The second kappa shape index (κ2) is 11.5. The van der Waals surface area contributed by atoms with Crippen LogP contribution in [0.15, 0.2) is 42.5 Å². The van der Waals surface area contributed by atoms with Crippen LogP contribution in [0.5, 0.6) is 17.2 Å². The topological polar surface area (TPSA) is 69.3 Å². The molecule has 2 aromatic rings. The van der Waals surface area contributed by atoms with Gasteiger partial charge in [0.1, 0.15) is 17.2 Å². The Morgan fingerprint density at radius 3 is 2.35 bits per heavy atom. The van der Waals surface area contributed by atoms with Crippen molar-refractivity contribution in [2.45, 2.75) is 33.3 Å². The van der Waals surface area contributed by atoms with Gasteiger partial charge in [0.15, 0.2) is 6.10 Å². The Morgan fingerprint density at radius 1 is 1.03 bits per heavy atom. The molecule has 31 heavy (non-hydrogen) atoms. The average Bonchev–Trinajstić information content (AvgIpc) is 2.80. The zero-order chi connectivity index (χ0) is 22.1. The standard InChI is InChI=1S/C24H32N2O5/c1-4-21(31-18-10-8-7-9-11-18)24(27)25-19-16-23(30-6-3)20(17-22(19)29-5-2)26-12-14-28-15-13-26/h7-11,16-17,21H,4-6,12-15H2,1-3H3,(H,25,27)/t21-/m0/s1. The number of anilines is 2. The van der Waals surface area contributed by atoms with Gasteiger partial charge in [-0.2, -0.15) is 0 Å². The van der Waals surface area contributed by atoms with Crippen LogP contribution in [0.4, 0.5) is 11.4 Å². The van der Waals surface area contributed by atoms with Gasteiger partial charge in [0, 0.05) is 25.2 Å². The molecule has 0 aliphatic carbocycles. The fourth-order valence-corrected chi connectivity index (χ4v) is 3.44. The molecule has 1 N–H and O–H groups in total. The smallest absolute Gasteiger partial charge is 0.265 e. The van der Waals surface area contributed by atoms with Crippen molar-refractivity contribution in [3.63, 3.8) is 0 Å². The molecule has 168 valence electrons. The molecule has 1 aliphatic rings. The fourth-order valence-electron chi connectivity index (χ4n) is 3.44. The molecule has 3 rings (SSSR count). The largest absolute Gasteiger partial charge is 0.492 e. The van der Waals surface area contributed by atoms with Gasteiger partial charge in [-0.15, -0.1) is 0 Å². The molecular formula is C24H32N2O5. The number of nitrogens with zero attached hydrogens (tertiary/aromatic N) is 1. The third-order valence-electron chi connectivity index (χ3n) is 4.96. The Morgan fingerprint density at radius 2 is 1.71 bits per heavy atom.